The first-order chi connectivity index (χ1) is 52.1. The van der Waals surface area contributed by atoms with E-state index in [9.17, 15) is 0 Å². The fourth-order valence-electron chi connectivity index (χ4n) is 17.7. The van der Waals surface area contributed by atoms with Crippen molar-refractivity contribution in [3.05, 3.63) is 352 Å². The molecule has 0 atom stereocenters. The molecule has 6 aromatic heterocycles. The molecule has 0 unspecified atom stereocenters. The highest BCUT2D eigenvalue weighted by molar-refractivity contribution is 7.27. The number of thiophene rings is 2. The van der Waals surface area contributed by atoms with Crippen LogP contribution in [0.3, 0.4) is 0 Å². The van der Waals surface area contributed by atoms with E-state index in [1.54, 1.807) is 0 Å². The average Bonchev–Trinajstić information content (AvgIpc) is 1.58. The molecule has 6 heteroatoms. The summed E-state index contributed by atoms with van der Waals surface area (Å²) < 4.78 is 12.5. The topological polar surface area (TPSA) is 27.7 Å². The van der Waals surface area contributed by atoms with Crippen LogP contribution in [0, 0.1) is 0 Å². The van der Waals surface area contributed by atoms with Gasteiger partial charge in [0.15, 0.2) is 0 Å². The van der Waals surface area contributed by atoms with E-state index < -0.39 is 0 Å². The van der Waals surface area contributed by atoms with Crippen LogP contribution in [0.25, 0.3) is 222 Å². The van der Waals surface area contributed by atoms with E-state index in [0.717, 1.165) is 44.4 Å². The Morgan fingerprint density at radius 3 is 1.63 bits per heavy atom. The summed E-state index contributed by atoms with van der Waals surface area (Å²) in [7, 11) is 0. The van der Waals surface area contributed by atoms with Crippen LogP contribution >= 0.6 is 22.7 Å². The van der Waals surface area contributed by atoms with Gasteiger partial charge in [0.25, 0.3) is 0 Å². The summed E-state index contributed by atoms with van der Waals surface area (Å²) in [6.45, 7) is 0. The Morgan fingerprint density at radius 1 is 0.229 bits per heavy atom. The van der Waals surface area contributed by atoms with Crippen molar-refractivity contribution in [2.75, 3.05) is 0 Å². The highest BCUT2D eigenvalue weighted by atomic mass is 32.1. The molecule has 0 aliphatic carbocycles. The lowest BCUT2D eigenvalue weighted by molar-refractivity contribution is 1.18. The lowest BCUT2D eigenvalue weighted by Gasteiger charge is -2.15. The van der Waals surface area contributed by atoms with Gasteiger partial charge in [-0.15, -0.1) is 22.7 Å². The van der Waals surface area contributed by atoms with E-state index in [-0.39, 0.29) is 0 Å². The van der Waals surface area contributed by atoms with Crippen molar-refractivity contribution in [3.63, 3.8) is 0 Å². The lowest BCUT2D eigenvalue weighted by atomic mass is 9.91. The molecule has 0 amide bonds. The number of nitrogens with zero attached hydrogens (tertiary/aromatic N) is 4. The van der Waals surface area contributed by atoms with Crippen molar-refractivity contribution in [2.24, 2.45) is 0 Å². The van der Waals surface area contributed by atoms with Gasteiger partial charge in [0.1, 0.15) is 0 Å². The zero-order valence-electron chi connectivity index (χ0n) is 56.6. The molecule has 0 saturated heterocycles. The molecule has 0 aliphatic heterocycles. The van der Waals surface area contributed by atoms with Gasteiger partial charge in [-0.2, -0.15) is 0 Å². The molecule has 0 bridgehead atoms. The Morgan fingerprint density at radius 2 is 0.781 bits per heavy atom. The van der Waals surface area contributed by atoms with Crippen molar-refractivity contribution in [3.8, 4) is 72.7 Å². The molecule has 0 N–H and O–H groups in total. The average molecular weight is 1370 g/mol. The Labute approximate surface area is 610 Å². The minimum absolute atomic E-state index is 1.01. The van der Waals surface area contributed by atoms with Crippen LogP contribution in [0.1, 0.15) is 0 Å². The normalized spacial score (nSPS) is 12.2. The molecule has 23 aromatic rings. The van der Waals surface area contributed by atoms with E-state index in [2.05, 4.69) is 359 Å². The summed E-state index contributed by atoms with van der Waals surface area (Å²) in [5.74, 6) is 0. The molecule has 0 spiro atoms. The third kappa shape index (κ3) is 8.70. The number of hydrogen-bond acceptors (Lipinski definition) is 3. The first-order valence-corrected chi connectivity index (χ1v) is 37.6. The first kappa shape index (κ1) is 58.4. The standard InChI is InChI=1S/C99H58N4S2/c1-3-20-59(21-4-1)74-45-46-77(94-80-35-18-34-73(97(80)105-99(74)94)66-43-49-88-82(55-66)78-44-39-61-23-8-12-31-72(61)96(78)103(88)91-58-65-24-9-11-30-71(65)95-79(91)36-19-51-100-95)84-57-67(56-83-76-33-14-16-38-92(76)104-98(83)84)62-25-17-28-69(52-62)102-86-37-15-13-32-75(86)81-53-63(41-47-87(81)102)64-42-48-89-85(54-64)93-70-29-10-7-22-60(70)40-50-90(93)101(89)68-26-5-2-6-27-68/h1-58H. The predicted octanol–water partition coefficient (Wildman–Crippen LogP) is 28.1. The van der Waals surface area contributed by atoms with E-state index in [1.807, 2.05) is 28.9 Å². The summed E-state index contributed by atoms with van der Waals surface area (Å²) in [5.41, 5.74) is 23.5. The second kappa shape index (κ2) is 22.6. The number of fused-ring (bicyclic) bond motifs is 22. The maximum Gasteiger partial charge on any atom is 0.0801 e. The van der Waals surface area contributed by atoms with Crippen LogP contribution in [-0.2, 0) is 0 Å². The van der Waals surface area contributed by atoms with Crippen LogP contribution in [-0.4, -0.2) is 18.7 Å². The van der Waals surface area contributed by atoms with E-state index in [0.29, 0.717) is 0 Å². The maximum absolute atomic E-state index is 5.04. The van der Waals surface area contributed by atoms with Crippen molar-refractivity contribution in [1.29, 1.82) is 0 Å². The summed E-state index contributed by atoms with van der Waals surface area (Å²) in [6, 6.07) is 129. The number of rotatable bonds is 8. The van der Waals surface area contributed by atoms with Crippen molar-refractivity contribution in [1.82, 2.24) is 18.7 Å². The number of benzene rings is 17. The van der Waals surface area contributed by atoms with Crippen LogP contribution in [0.2, 0.25) is 0 Å². The highest BCUT2D eigenvalue weighted by Crippen LogP contribution is 2.53. The lowest BCUT2D eigenvalue weighted by Crippen LogP contribution is -1.97. The zero-order chi connectivity index (χ0) is 68.5. The van der Waals surface area contributed by atoms with Crippen LogP contribution in [0.15, 0.2) is 352 Å². The maximum atomic E-state index is 5.04. The van der Waals surface area contributed by atoms with Gasteiger partial charge in [-0.25, -0.2) is 0 Å². The predicted molar refractivity (Wildman–Crippen MR) is 450 cm³/mol. The molecule has 23 rings (SSSR count). The fourth-order valence-corrected chi connectivity index (χ4v) is 20.4. The number of aromatic nitrogens is 4. The van der Waals surface area contributed by atoms with Gasteiger partial charge < -0.3 is 13.7 Å². The van der Waals surface area contributed by atoms with Gasteiger partial charge >= 0.3 is 0 Å². The van der Waals surface area contributed by atoms with Gasteiger partial charge in [-0.1, -0.05) is 237 Å². The molecule has 486 valence electrons. The van der Waals surface area contributed by atoms with E-state index in [4.69, 9.17) is 4.98 Å². The van der Waals surface area contributed by atoms with Crippen LogP contribution < -0.4 is 0 Å². The Bertz CT molecular complexity index is 7650. The number of pyridine rings is 1. The summed E-state index contributed by atoms with van der Waals surface area (Å²) in [6.07, 6.45) is 1.92. The minimum Gasteiger partial charge on any atom is -0.309 e. The smallest absolute Gasteiger partial charge is 0.0801 e. The Kier molecular flexibility index (Phi) is 12.6. The Balaban J connectivity index is 0.693. The number of para-hydroxylation sites is 2. The van der Waals surface area contributed by atoms with Crippen molar-refractivity contribution < 1.29 is 0 Å². The molecule has 0 fully saturated rings. The van der Waals surface area contributed by atoms with Gasteiger partial charge in [0, 0.05) is 112 Å². The Hall–Kier alpha value is -13.2. The number of hydrogen-bond donors (Lipinski definition) is 0. The molecule has 6 heterocycles. The molecule has 4 nitrogen and oxygen atoms in total. The first-order valence-electron chi connectivity index (χ1n) is 36.0. The fraction of sp³-hybridized carbons (Fsp3) is 0. The molecule has 105 heavy (non-hydrogen) atoms. The van der Waals surface area contributed by atoms with Crippen molar-refractivity contribution >= 4 is 172 Å². The summed E-state index contributed by atoms with van der Waals surface area (Å²) in [4.78, 5) is 5.04. The SMILES string of the molecule is c1ccc(-c2ccc(-c3cc(-c4cccc(-n5c6ccccc6c6cc(-c7ccc8c(c7)c7c9ccccc9ccc7n8-c7ccccc7)ccc65)c4)cc4c3sc3ccccc34)c3c2sc2c(-c4ccc5c(c4)c4ccc6ccccc6c4n5-c4cc5ccccc5c5ncccc45)cccc23)cc1. The van der Waals surface area contributed by atoms with Gasteiger partial charge in [0.05, 0.1) is 44.3 Å². The monoisotopic (exact) mass is 1370 g/mol. The highest BCUT2D eigenvalue weighted by Gasteiger charge is 2.26. The second-order valence-corrected chi connectivity index (χ2v) is 30.1. The molecular weight excluding hydrogens is 1310 g/mol. The van der Waals surface area contributed by atoms with Crippen molar-refractivity contribution in [2.45, 2.75) is 0 Å². The molecule has 0 radical (unpaired) electrons. The second-order valence-electron chi connectivity index (χ2n) is 28.0. The van der Waals surface area contributed by atoms with Gasteiger partial charge in [-0.3, -0.25) is 4.98 Å². The third-order valence-corrected chi connectivity index (χ3v) is 24.9. The van der Waals surface area contributed by atoms with E-state index >= 15 is 0 Å². The van der Waals surface area contributed by atoms with E-state index in [1.165, 1.54) is 177 Å². The molecule has 17 aromatic carbocycles. The van der Waals surface area contributed by atoms with Crippen LogP contribution in [0.4, 0.5) is 0 Å². The molecular formula is C99H58N4S2. The van der Waals surface area contributed by atoms with Gasteiger partial charge in [0.2, 0.25) is 0 Å². The van der Waals surface area contributed by atoms with Gasteiger partial charge in [-0.05, 0) is 181 Å². The van der Waals surface area contributed by atoms with Crippen LogP contribution in [0.5, 0.6) is 0 Å². The molecule has 0 saturated carbocycles. The largest absolute Gasteiger partial charge is 0.309 e. The summed E-state index contributed by atoms with van der Waals surface area (Å²) >= 11 is 3.84. The minimum atomic E-state index is 1.01. The molecule has 0 aliphatic rings. The zero-order valence-corrected chi connectivity index (χ0v) is 58.2. The third-order valence-electron chi connectivity index (χ3n) is 22.4. The summed E-state index contributed by atoms with van der Waals surface area (Å²) in [5, 5.41) is 20.9. The quantitative estimate of drug-likeness (QED) is 0.139.